The van der Waals surface area contributed by atoms with Gasteiger partial charge in [0.05, 0.1) is 22.5 Å². The van der Waals surface area contributed by atoms with Gasteiger partial charge in [-0.1, -0.05) is 47.5 Å². The highest BCUT2D eigenvalue weighted by atomic mass is 35.5. The maximum absolute atomic E-state index is 12.4. The van der Waals surface area contributed by atoms with Gasteiger partial charge in [0.15, 0.2) is 0 Å². The average molecular weight is 450 g/mol. The van der Waals surface area contributed by atoms with Gasteiger partial charge in [-0.05, 0) is 68.0 Å². The van der Waals surface area contributed by atoms with Crippen molar-refractivity contribution in [1.82, 2.24) is 5.32 Å². The fraction of sp³-hybridized carbons (Fsp3) is 0.391. The maximum Gasteiger partial charge on any atom is 0.408 e. The van der Waals surface area contributed by atoms with E-state index in [0.29, 0.717) is 22.0 Å². The molecule has 2 N–H and O–H groups in total. The van der Waals surface area contributed by atoms with Crippen molar-refractivity contribution in [2.45, 2.75) is 57.6 Å². The number of benzene rings is 2. The van der Waals surface area contributed by atoms with Crippen LogP contribution < -0.4 is 5.32 Å². The molecule has 1 aliphatic rings. The molecular formula is C23H25Cl2NO4. The zero-order valence-corrected chi connectivity index (χ0v) is 18.7. The van der Waals surface area contributed by atoms with E-state index in [2.05, 4.69) is 5.32 Å². The van der Waals surface area contributed by atoms with Crippen LogP contribution in [0.15, 0.2) is 36.4 Å². The number of hydrogen-bond acceptors (Lipinski definition) is 3. The molecule has 7 heteroatoms. The highest BCUT2D eigenvalue weighted by Crippen LogP contribution is 2.43. The van der Waals surface area contributed by atoms with Gasteiger partial charge in [-0.25, -0.2) is 4.79 Å². The van der Waals surface area contributed by atoms with E-state index >= 15 is 0 Å². The van der Waals surface area contributed by atoms with Gasteiger partial charge in [0.25, 0.3) is 0 Å². The second kappa shape index (κ2) is 8.86. The Hall–Kier alpha value is -2.24. The number of amides is 1. The Labute approximate surface area is 186 Å². The topological polar surface area (TPSA) is 75.6 Å². The molecule has 2 aromatic carbocycles. The van der Waals surface area contributed by atoms with E-state index in [-0.39, 0.29) is 18.4 Å². The van der Waals surface area contributed by atoms with Gasteiger partial charge in [0.2, 0.25) is 0 Å². The van der Waals surface area contributed by atoms with Gasteiger partial charge in [0, 0.05) is 5.92 Å². The molecule has 2 atom stereocenters. The fourth-order valence-corrected chi connectivity index (χ4v) is 4.15. The first-order valence-electron chi connectivity index (χ1n) is 9.82. The number of ether oxygens (including phenoxy) is 1. The number of nitrogens with one attached hydrogen (secondary N) is 1. The zero-order valence-electron chi connectivity index (χ0n) is 17.2. The van der Waals surface area contributed by atoms with E-state index in [1.54, 1.807) is 6.07 Å². The molecule has 0 aliphatic heterocycles. The van der Waals surface area contributed by atoms with E-state index < -0.39 is 17.7 Å². The Morgan fingerprint density at radius 2 is 1.80 bits per heavy atom. The van der Waals surface area contributed by atoms with Crippen LogP contribution in [0, 0.1) is 0 Å². The molecule has 0 bridgehead atoms. The first kappa shape index (κ1) is 22.4. The van der Waals surface area contributed by atoms with Crippen LogP contribution in [0.25, 0.3) is 0 Å². The van der Waals surface area contributed by atoms with Crippen molar-refractivity contribution in [2.75, 3.05) is 0 Å². The summed E-state index contributed by atoms with van der Waals surface area (Å²) in [5.74, 6) is -0.825. The molecular weight excluding hydrogens is 425 g/mol. The number of aliphatic carboxylic acids is 1. The number of carbonyl (C=O) groups excluding carboxylic acids is 1. The van der Waals surface area contributed by atoms with Crippen molar-refractivity contribution in [3.8, 4) is 0 Å². The van der Waals surface area contributed by atoms with Crippen LogP contribution in [-0.2, 0) is 16.0 Å². The predicted molar refractivity (Wildman–Crippen MR) is 117 cm³/mol. The van der Waals surface area contributed by atoms with E-state index in [4.69, 9.17) is 27.9 Å². The second-order valence-electron chi connectivity index (χ2n) is 8.54. The second-order valence-corrected chi connectivity index (χ2v) is 9.35. The maximum atomic E-state index is 12.4. The van der Waals surface area contributed by atoms with Gasteiger partial charge in [-0.15, -0.1) is 0 Å². The fourth-order valence-electron chi connectivity index (χ4n) is 3.85. The largest absolute Gasteiger partial charge is 0.481 e. The summed E-state index contributed by atoms with van der Waals surface area (Å²) < 4.78 is 5.41. The summed E-state index contributed by atoms with van der Waals surface area (Å²) in [4.78, 5) is 23.6. The van der Waals surface area contributed by atoms with E-state index in [1.165, 1.54) is 0 Å². The van der Waals surface area contributed by atoms with Crippen LogP contribution in [-0.4, -0.2) is 22.8 Å². The standard InChI is InChI=1S/C23H25Cl2NO4/c1-23(2,3)30-22(29)26-20-9-7-15(14-5-8-18(24)19(25)12-14)16-6-4-13(10-17(16)20)11-21(27)28/h4-6,8,10,12,15,20H,7,9,11H2,1-3H3,(H,26,29)(H,27,28). The van der Waals surface area contributed by atoms with Crippen molar-refractivity contribution in [1.29, 1.82) is 0 Å². The van der Waals surface area contributed by atoms with Crippen LogP contribution in [0.1, 0.15) is 67.8 Å². The molecule has 5 nitrogen and oxygen atoms in total. The van der Waals surface area contributed by atoms with E-state index in [0.717, 1.165) is 23.1 Å². The third-order valence-electron chi connectivity index (χ3n) is 5.04. The number of fused-ring (bicyclic) bond motifs is 1. The minimum atomic E-state index is -0.900. The predicted octanol–water partition coefficient (Wildman–Crippen LogP) is 6.11. The van der Waals surface area contributed by atoms with Crippen LogP contribution >= 0.6 is 23.2 Å². The zero-order chi connectivity index (χ0) is 22.1. The molecule has 30 heavy (non-hydrogen) atoms. The van der Waals surface area contributed by atoms with Crippen molar-refractivity contribution >= 4 is 35.3 Å². The number of carboxylic acids is 1. The monoisotopic (exact) mass is 449 g/mol. The third-order valence-corrected chi connectivity index (χ3v) is 5.78. The summed E-state index contributed by atoms with van der Waals surface area (Å²) in [6, 6.07) is 11.0. The molecule has 0 aromatic heterocycles. The molecule has 0 saturated heterocycles. The Morgan fingerprint density at radius 1 is 1.07 bits per heavy atom. The summed E-state index contributed by atoms with van der Waals surface area (Å²) in [5.41, 5.74) is 3.06. The smallest absolute Gasteiger partial charge is 0.408 e. The molecule has 160 valence electrons. The molecule has 0 saturated carbocycles. The molecule has 0 heterocycles. The first-order valence-corrected chi connectivity index (χ1v) is 10.6. The van der Waals surface area contributed by atoms with Crippen molar-refractivity contribution in [3.63, 3.8) is 0 Å². The van der Waals surface area contributed by atoms with Gasteiger partial charge < -0.3 is 15.2 Å². The minimum Gasteiger partial charge on any atom is -0.481 e. The quantitative estimate of drug-likeness (QED) is 0.589. The molecule has 3 rings (SSSR count). The SMILES string of the molecule is CC(C)(C)OC(=O)NC1CCC(c2ccc(Cl)c(Cl)c2)c2ccc(CC(=O)O)cc21. The summed E-state index contributed by atoms with van der Waals surface area (Å²) in [7, 11) is 0. The van der Waals surface area contributed by atoms with Crippen molar-refractivity contribution < 1.29 is 19.4 Å². The molecule has 0 spiro atoms. The Morgan fingerprint density at radius 3 is 2.43 bits per heavy atom. The number of halogens is 2. The summed E-state index contributed by atoms with van der Waals surface area (Å²) >= 11 is 12.3. The van der Waals surface area contributed by atoms with Gasteiger partial charge in [0.1, 0.15) is 5.60 Å². The highest BCUT2D eigenvalue weighted by Gasteiger charge is 2.31. The Kier molecular flexibility index (Phi) is 6.63. The number of carbonyl (C=O) groups is 2. The lowest BCUT2D eigenvalue weighted by molar-refractivity contribution is -0.136. The van der Waals surface area contributed by atoms with Gasteiger partial charge in [-0.2, -0.15) is 0 Å². The Bertz CT molecular complexity index is 968. The molecule has 1 aliphatic carbocycles. The molecule has 1 amide bonds. The number of alkyl carbamates (subject to hydrolysis) is 1. The van der Waals surface area contributed by atoms with Crippen LogP contribution in [0.5, 0.6) is 0 Å². The lowest BCUT2D eigenvalue weighted by Gasteiger charge is -2.33. The van der Waals surface area contributed by atoms with Crippen LogP contribution in [0.3, 0.4) is 0 Å². The average Bonchev–Trinajstić information content (AvgIpc) is 2.62. The Balaban J connectivity index is 1.97. The van der Waals surface area contributed by atoms with Gasteiger partial charge in [-0.3, -0.25) is 4.79 Å². The number of rotatable bonds is 4. The lowest BCUT2D eigenvalue weighted by atomic mass is 9.76. The van der Waals surface area contributed by atoms with E-state index in [9.17, 15) is 14.7 Å². The van der Waals surface area contributed by atoms with Gasteiger partial charge >= 0.3 is 12.1 Å². The summed E-state index contributed by atoms with van der Waals surface area (Å²) in [5, 5.41) is 13.1. The molecule has 0 fully saturated rings. The summed E-state index contributed by atoms with van der Waals surface area (Å²) in [6.45, 7) is 5.44. The lowest BCUT2D eigenvalue weighted by Crippen LogP contribution is -2.36. The molecule has 2 unspecified atom stereocenters. The third kappa shape index (κ3) is 5.46. The van der Waals surface area contributed by atoms with Crippen molar-refractivity contribution in [3.05, 3.63) is 68.7 Å². The summed E-state index contributed by atoms with van der Waals surface area (Å²) in [6.07, 6.45) is 0.913. The number of carboxylic acid groups (broad SMARTS) is 1. The van der Waals surface area contributed by atoms with Crippen molar-refractivity contribution in [2.24, 2.45) is 0 Å². The van der Waals surface area contributed by atoms with Crippen LogP contribution in [0.2, 0.25) is 10.0 Å². The van der Waals surface area contributed by atoms with Crippen LogP contribution in [0.4, 0.5) is 4.79 Å². The number of hydrogen-bond donors (Lipinski definition) is 2. The van der Waals surface area contributed by atoms with E-state index in [1.807, 2.05) is 51.1 Å². The highest BCUT2D eigenvalue weighted by molar-refractivity contribution is 6.42. The first-order chi connectivity index (χ1) is 14.0. The molecule has 0 radical (unpaired) electrons. The molecule has 2 aromatic rings. The normalized spacial score (nSPS) is 18.4. The minimum absolute atomic E-state index is 0.0744.